The number of anilines is 1. The van der Waals surface area contributed by atoms with Gasteiger partial charge in [-0.2, -0.15) is 12.6 Å². The molecule has 530 valence electrons. The number of hydrogen-bond acceptors (Lipinski definition) is 16. The summed E-state index contributed by atoms with van der Waals surface area (Å²) in [5.41, 5.74) is 6.77. The molecule has 2 heterocycles. The number of aliphatic hydroxyl groups excluding tert-OH is 1. The van der Waals surface area contributed by atoms with Gasteiger partial charge >= 0.3 is 12.1 Å². The third-order valence-electron chi connectivity index (χ3n) is 18.0. The van der Waals surface area contributed by atoms with Crippen LogP contribution in [0.3, 0.4) is 0 Å². The maximum absolute atomic E-state index is 14.8. The van der Waals surface area contributed by atoms with Gasteiger partial charge in [-0.05, 0) is 92.4 Å². The normalized spacial score (nSPS) is 18.3. The number of carbonyl (C=O) groups excluding carboxylic acids is 11. The van der Waals surface area contributed by atoms with E-state index in [1.165, 1.54) is 31.1 Å². The van der Waals surface area contributed by atoms with Gasteiger partial charge in [-0.25, -0.2) is 9.59 Å². The van der Waals surface area contributed by atoms with E-state index in [0.29, 0.717) is 61.9 Å². The lowest BCUT2D eigenvalue weighted by atomic mass is 9.89. The number of carbonyl (C=O) groups is 11. The van der Waals surface area contributed by atoms with Gasteiger partial charge in [-0.1, -0.05) is 118 Å². The summed E-state index contributed by atoms with van der Waals surface area (Å²) in [4.78, 5) is 153. The summed E-state index contributed by atoms with van der Waals surface area (Å²) in [5, 5.41) is 27.0. The minimum absolute atomic E-state index is 0.0628. The monoisotopic (exact) mass is 1350 g/mol. The van der Waals surface area contributed by atoms with E-state index in [4.69, 9.17) is 19.9 Å². The van der Waals surface area contributed by atoms with E-state index in [1.807, 2.05) is 32.0 Å². The minimum Gasteiger partial charge on any atom is -0.445 e. The summed E-state index contributed by atoms with van der Waals surface area (Å²) < 4.78 is 17.8. The molecule has 4 rings (SSSR count). The molecule has 95 heavy (non-hydrogen) atoms. The number of aliphatic hydroxyl groups is 1. The number of amides is 12. The molecule has 26 nitrogen and oxygen atoms in total. The topological polar surface area (TPSA) is 347 Å². The summed E-state index contributed by atoms with van der Waals surface area (Å²) in [6.45, 7) is 18.6. The van der Waals surface area contributed by atoms with E-state index in [1.54, 1.807) is 109 Å². The Balaban J connectivity index is 1.37. The molecule has 2 saturated heterocycles. The van der Waals surface area contributed by atoms with Crippen LogP contribution < -0.4 is 37.6 Å². The van der Waals surface area contributed by atoms with Gasteiger partial charge in [-0.15, -0.1) is 0 Å². The number of likely N-dealkylation sites (N-methyl/N-ethyl adjacent to an activating group) is 2. The summed E-state index contributed by atoms with van der Waals surface area (Å²) in [6, 6.07) is 8.73. The van der Waals surface area contributed by atoms with Crippen LogP contribution in [0.5, 0.6) is 0 Å². The Labute approximate surface area is 566 Å². The fourth-order valence-electron chi connectivity index (χ4n) is 12.3. The van der Waals surface area contributed by atoms with Crippen LogP contribution in [0.2, 0.25) is 0 Å². The molecular weight excluding hydrogens is 1240 g/mol. The molecule has 0 aliphatic carbocycles. The summed E-state index contributed by atoms with van der Waals surface area (Å²) in [5.74, 6) is -5.88. The zero-order valence-corrected chi connectivity index (χ0v) is 58.9. The van der Waals surface area contributed by atoms with E-state index in [2.05, 4.69) is 44.5 Å². The Morgan fingerprint density at radius 3 is 1.97 bits per heavy atom. The van der Waals surface area contributed by atoms with E-state index >= 15 is 0 Å². The lowest BCUT2D eigenvalue weighted by Gasteiger charge is -2.41. The molecule has 2 aliphatic heterocycles. The van der Waals surface area contributed by atoms with Crippen LogP contribution in [0.4, 0.5) is 15.3 Å². The standard InChI is InChI=1S/C68H107N11O15S/c1-15-42(8)58(50(92-13)36-53(81)78-35-23-27-49(78)60(93-14)43(9)61(84)71-44(10)59(83)46-24-18-16-19-25-46)76(11)66(89)56(40(4)5)75-64(87)57(41(6)7)77(12)68(91)94-38-45-29-31-47(32-30-45)72-62(85)48(26-22-33-70-67(69)90)73-63(86)55(39(2)3)74-52(80)28-20-17-21-34-79-54(82)37-51(95)65(79)88/h16,18-19,24-25,29-32,39-44,48-51,55-60,83,95H,15,17,20-23,26-28,33-38H2,1-14H3,(H,71,84)(H,72,85)(H,73,86)(H,74,80)(H,75,87)(H3,69,70,90)/t42-,43+,44?,48-,49?,50+,51?,55-,56-,57-,58-,59+,60+/m0/s1. The average molecular weight is 1350 g/mol. The first-order valence-corrected chi connectivity index (χ1v) is 33.8. The van der Waals surface area contributed by atoms with Crippen LogP contribution in [-0.2, 0) is 64.0 Å². The van der Waals surface area contributed by atoms with Crippen molar-refractivity contribution in [3.63, 3.8) is 0 Å². The van der Waals surface area contributed by atoms with Crippen molar-refractivity contribution >= 4 is 83.6 Å². The maximum atomic E-state index is 14.8. The number of likely N-dealkylation sites (tertiary alicyclic amines) is 2. The second-order valence-electron chi connectivity index (χ2n) is 26.2. The molecule has 0 saturated carbocycles. The Hall–Kier alpha value is -7.36. The SMILES string of the molecule is CC[C@H](C)[C@@H]([C@@H](CC(=O)N1CCCC1[C@H](OC)[C@@H](C)C(=O)NC(C)[C@@H](O)c1ccccc1)OC)N(C)C(=O)[C@@H](NC(=O)[C@H](C(C)C)N(C)C(=O)OCc1ccc(NC(=O)[C@H](CCCNC(N)=O)NC(=O)[C@@H](NC(=O)CCCCCN2C(=O)CC(S)C2=O)C(C)C)cc1)C(C)C. The number of primary amides is 1. The number of nitrogens with zero attached hydrogens (tertiary/aromatic N) is 4. The van der Waals surface area contributed by atoms with Gasteiger partial charge in [0.05, 0.1) is 54.0 Å². The largest absolute Gasteiger partial charge is 0.445 e. The molecule has 2 aromatic rings. The van der Waals surface area contributed by atoms with Gasteiger partial charge in [0, 0.05) is 66.5 Å². The first kappa shape index (κ1) is 80.1. The molecule has 0 radical (unpaired) electrons. The Kier molecular flexibility index (Phi) is 32.9. The number of nitrogens with one attached hydrogen (secondary N) is 6. The Morgan fingerprint density at radius 1 is 0.747 bits per heavy atom. The summed E-state index contributed by atoms with van der Waals surface area (Å²) in [6.07, 6.45) is 0.559. The Morgan fingerprint density at radius 2 is 1.40 bits per heavy atom. The van der Waals surface area contributed by atoms with Crippen LogP contribution in [0.15, 0.2) is 54.6 Å². The Bertz CT molecular complexity index is 2890. The molecule has 3 unspecified atom stereocenters. The van der Waals surface area contributed by atoms with Crippen LogP contribution >= 0.6 is 12.6 Å². The zero-order chi connectivity index (χ0) is 71.0. The second kappa shape index (κ2) is 39.0. The van der Waals surface area contributed by atoms with Crippen LogP contribution in [0.25, 0.3) is 0 Å². The van der Waals surface area contributed by atoms with Crippen molar-refractivity contribution in [3.05, 3.63) is 65.7 Å². The molecule has 2 fully saturated rings. The third kappa shape index (κ3) is 23.5. The van der Waals surface area contributed by atoms with E-state index in [-0.39, 0.29) is 87.3 Å². The molecule has 0 spiro atoms. The average Bonchev–Trinajstić information content (AvgIpc) is 1.78. The quantitative estimate of drug-likeness (QED) is 0.0237. The number of ether oxygens (including phenoxy) is 3. The molecule has 9 N–H and O–H groups in total. The smallest absolute Gasteiger partial charge is 0.410 e. The van der Waals surface area contributed by atoms with Gasteiger partial charge in [0.15, 0.2) is 0 Å². The summed E-state index contributed by atoms with van der Waals surface area (Å²) >= 11 is 4.15. The minimum atomic E-state index is -1.12. The highest BCUT2D eigenvalue weighted by molar-refractivity contribution is 7.81. The molecule has 2 aromatic carbocycles. The molecule has 2 aliphatic rings. The number of hydrogen-bond donors (Lipinski definition) is 9. The number of imide groups is 1. The first-order valence-electron chi connectivity index (χ1n) is 33.3. The van der Waals surface area contributed by atoms with Crippen molar-refractivity contribution in [1.29, 1.82) is 0 Å². The van der Waals surface area contributed by atoms with Gasteiger partial charge < -0.3 is 66.8 Å². The highest BCUT2D eigenvalue weighted by atomic mass is 32.1. The van der Waals surface area contributed by atoms with Crippen LogP contribution in [0.1, 0.15) is 157 Å². The second-order valence-corrected chi connectivity index (χ2v) is 26.8. The van der Waals surface area contributed by atoms with Gasteiger partial charge in [0.2, 0.25) is 53.2 Å². The van der Waals surface area contributed by atoms with E-state index in [0.717, 1.165) is 0 Å². The molecule has 0 bridgehead atoms. The van der Waals surface area contributed by atoms with Crippen LogP contribution in [-0.4, -0.2) is 198 Å². The predicted molar refractivity (Wildman–Crippen MR) is 362 cm³/mol. The number of nitrogens with two attached hydrogens (primary N) is 1. The lowest BCUT2D eigenvalue weighted by molar-refractivity contribution is -0.148. The van der Waals surface area contributed by atoms with Gasteiger partial charge in [-0.3, -0.25) is 53.0 Å². The highest BCUT2D eigenvalue weighted by Gasteiger charge is 2.44. The van der Waals surface area contributed by atoms with Gasteiger partial charge in [0.1, 0.15) is 30.8 Å². The van der Waals surface area contributed by atoms with Crippen molar-refractivity contribution < 1.29 is 72.1 Å². The number of methoxy groups -OCH3 is 2. The predicted octanol–water partition coefficient (Wildman–Crippen LogP) is 5.21. The number of rotatable bonds is 38. The third-order valence-corrected chi connectivity index (χ3v) is 18.4. The van der Waals surface area contributed by atoms with Crippen molar-refractivity contribution in [2.75, 3.05) is 53.3 Å². The van der Waals surface area contributed by atoms with Crippen LogP contribution in [0, 0.1) is 29.6 Å². The van der Waals surface area contributed by atoms with Crippen molar-refractivity contribution in [2.45, 2.75) is 212 Å². The maximum Gasteiger partial charge on any atom is 0.410 e. The molecular formula is C68H107N11O15S. The van der Waals surface area contributed by atoms with Crippen molar-refractivity contribution in [1.82, 2.24) is 46.2 Å². The molecule has 12 amide bonds. The number of benzene rings is 2. The fourth-order valence-corrected chi connectivity index (χ4v) is 12.6. The molecule has 27 heteroatoms. The molecule has 0 aromatic heterocycles. The fraction of sp³-hybridized carbons (Fsp3) is 0.662. The highest BCUT2D eigenvalue weighted by Crippen LogP contribution is 2.31. The number of thiol groups is 1. The first-order chi connectivity index (χ1) is 44.9. The zero-order valence-electron chi connectivity index (χ0n) is 58.0. The number of urea groups is 1. The van der Waals surface area contributed by atoms with E-state index < -0.39 is 125 Å². The number of unbranched alkanes of at least 4 members (excludes halogenated alkanes) is 2. The van der Waals surface area contributed by atoms with Crippen molar-refractivity contribution in [2.24, 2.45) is 35.3 Å². The van der Waals surface area contributed by atoms with Crippen molar-refractivity contribution in [3.8, 4) is 0 Å². The summed E-state index contributed by atoms with van der Waals surface area (Å²) in [7, 11) is 6.08. The van der Waals surface area contributed by atoms with E-state index in [9.17, 15) is 57.8 Å². The molecule has 13 atom stereocenters. The van der Waals surface area contributed by atoms with Gasteiger partial charge in [0.25, 0.3) is 0 Å². The lowest BCUT2D eigenvalue weighted by Crippen LogP contribution is -2.60.